The van der Waals surface area contributed by atoms with E-state index in [0.717, 1.165) is 44.1 Å². The van der Waals surface area contributed by atoms with Crippen molar-refractivity contribution in [2.45, 2.75) is 206 Å². The molecule has 1 N–H and O–H groups in total. The number of benzene rings is 1. The van der Waals surface area contributed by atoms with Crippen LogP contribution in [-0.4, -0.2) is 49.9 Å². The number of alkyl carbamates (subject to hydrolysis) is 1. The van der Waals surface area contributed by atoms with Crippen LogP contribution in [0.25, 0.3) is 0 Å². The molecule has 0 unspecified atom stereocenters. The molecule has 1 aromatic rings. The molecule has 0 aliphatic carbocycles. The smallest absolute Gasteiger partial charge is 0.407 e. The summed E-state index contributed by atoms with van der Waals surface area (Å²) in [6.07, 6.45) is 30.6. The minimum Gasteiger partial charge on any atom is -0.462 e. The zero-order valence-electron chi connectivity index (χ0n) is 34.4. The van der Waals surface area contributed by atoms with Crippen molar-refractivity contribution in [2.75, 3.05) is 19.8 Å². The molecule has 54 heavy (non-hydrogen) atoms. The lowest BCUT2D eigenvalue weighted by Gasteiger charge is -2.18. The van der Waals surface area contributed by atoms with Crippen LogP contribution >= 0.6 is 0 Å². The van der Waals surface area contributed by atoms with Crippen molar-refractivity contribution in [1.29, 1.82) is 0 Å². The number of carbonyl (C=O) groups is 4. The van der Waals surface area contributed by atoms with Crippen molar-refractivity contribution in [1.82, 2.24) is 5.32 Å². The number of rotatable bonds is 37. The first-order valence-electron chi connectivity index (χ1n) is 21.9. The first-order chi connectivity index (χ1) is 26.4. The minimum atomic E-state index is -0.981. The van der Waals surface area contributed by atoms with Gasteiger partial charge in [-0.15, -0.1) is 0 Å². The standard InChI is InChI=1S/C45H77NO8/c1-3-5-7-9-11-13-15-17-19-21-23-25-30-34-42(47)51-38-41(54-44(49)36-46-45(50)53-37-40-32-28-27-29-33-40)39-52-43(48)35-31-26-24-22-20-18-16-14-12-10-8-6-4-2/h27-29,32-33,41H,3-26,30-31,34-39H2,1-2H3,(H,46,50). The SMILES string of the molecule is CCCCCCCCCCCCCCCC(=O)OCC(COC(=O)CCCCCCCCCCCCCCC)OC(=O)CNC(=O)OCc1ccccc1. The second-order valence-electron chi connectivity index (χ2n) is 14.9. The molecule has 9 heteroatoms. The van der Waals surface area contributed by atoms with Crippen molar-refractivity contribution in [3.63, 3.8) is 0 Å². The van der Waals surface area contributed by atoms with E-state index in [1.54, 1.807) is 0 Å². The van der Waals surface area contributed by atoms with Crippen molar-refractivity contribution in [2.24, 2.45) is 0 Å². The fourth-order valence-corrected chi connectivity index (χ4v) is 6.35. The molecular formula is C45H77NO8. The predicted molar refractivity (Wildman–Crippen MR) is 217 cm³/mol. The van der Waals surface area contributed by atoms with Crippen LogP contribution in [0.2, 0.25) is 0 Å². The van der Waals surface area contributed by atoms with Gasteiger partial charge in [-0.3, -0.25) is 14.4 Å². The summed E-state index contributed by atoms with van der Waals surface area (Å²) in [6, 6.07) is 9.20. The topological polar surface area (TPSA) is 117 Å². The van der Waals surface area contributed by atoms with E-state index in [1.165, 1.54) is 128 Å². The van der Waals surface area contributed by atoms with E-state index in [-0.39, 0.29) is 44.6 Å². The number of carbonyl (C=O) groups excluding carboxylic acids is 4. The van der Waals surface area contributed by atoms with Crippen molar-refractivity contribution < 1.29 is 38.1 Å². The van der Waals surface area contributed by atoms with Gasteiger partial charge in [0.15, 0.2) is 6.10 Å². The predicted octanol–water partition coefficient (Wildman–Crippen LogP) is 11.9. The normalized spacial score (nSPS) is 11.0. The molecule has 0 aliphatic heterocycles. The van der Waals surface area contributed by atoms with Crippen LogP contribution in [-0.2, 0) is 39.9 Å². The van der Waals surface area contributed by atoms with Crippen molar-refractivity contribution in [3.05, 3.63) is 35.9 Å². The van der Waals surface area contributed by atoms with Gasteiger partial charge in [-0.25, -0.2) is 4.79 Å². The van der Waals surface area contributed by atoms with Crippen molar-refractivity contribution >= 4 is 24.0 Å². The molecule has 1 aromatic carbocycles. The van der Waals surface area contributed by atoms with E-state index in [2.05, 4.69) is 19.2 Å². The minimum absolute atomic E-state index is 0.0642. The monoisotopic (exact) mass is 760 g/mol. The third-order valence-electron chi connectivity index (χ3n) is 9.72. The maximum Gasteiger partial charge on any atom is 0.407 e. The van der Waals surface area contributed by atoms with Crippen LogP contribution in [0.15, 0.2) is 30.3 Å². The molecule has 1 amide bonds. The van der Waals surface area contributed by atoms with Gasteiger partial charge in [-0.05, 0) is 18.4 Å². The number of unbranched alkanes of at least 4 members (excludes halogenated alkanes) is 24. The van der Waals surface area contributed by atoms with E-state index in [9.17, 15) is 19.2 Å². The van der Waals surface area contributed by atoms with E-state index in [0.29, 0.717) is 0 Å². The Bertz CT molecular complexity index is 1000. The molecule has 0 spiro atoms. The number of hydrogen-bond donors (Lipinski definition) is 1. The van der Waals surface area contributed by atoms with Crippen LogP contribution < -0.4 is 5.32 Å². The Balaban J connectivity index is 2.31. The Kier molecular flexibility index (Phi) is 33.4. The molecule has 0 aromatic heterocycles. The van der Waals surface area contributed by atoms with Gasteiger partial charge in [0, 0.05) is 12.8 Å². The lowest BCUT2D eigenvalue weighted by molar-refractivity contribution is -0.166. The Labute approximate surface area is 328 Å². The zero-order chi connectivity index (χ0) is 39.2. The summed E-state index contributed by atoms with van der Waals surface area (Å²) in [4.78, 5) is 49.6. The zero-order valence-corrected chi connectivity index (χ0v) is 34.4. The largest absolute Gasteiger partial charge is 0.462 e. The Hall–Kier alpha value is -3.10. The second-order valence-corrected chi connectivity index (χ2v) is 14.9. The summed E-state index contributed by atoms with van der Waals surface area (Å²) in [5, 5.41) is 2.37. The average molecular weight is 760 g/mol. The average Bonchev–Trinajstić information content (AvgIpc) is 3.18. The van der Waals surface area contributed by atoms with Gasteiger partial charge in [-0.2, -0.15) is 0 Å². The third-order valence-corrected chi connectivity index (χ3v) is 9.72. The summed E-state index contributed by atoms with van der Waals surface area (Å²) in [7, 11) is 0. The highest BCUT2D eigenvalue weighted by Crippen LogP contribution is 2.15. The highest BCUT2D eigenvalue weighted by Gasteiger charge is 2.20. The van der Waals surface area contributed by atoms with Crippen LogP contribution in [0.3, 0.4) is 0 Å². The van der Waals surface area contributed by atoms with E-state index >= 15 is 0 Å². The first-order valence-corrected chi connectivity index (χ1v) is 21.9. The summed E-state index contributed by atoms with van der Waals surface area (Å²) in [5.74, 6) is -1.50. The highest BCUT2D eigenvalue weighted by molar-refractivity contribution is 5.78. The lowest BCUT2D eigenvalue weighted by Crippen LogP contribution is -2.36. The van der Waals surface area contributed by atoms with Crippen LogP contribution in [0.1, 0.15) is 199 Å². The number of amides is 1. The maximum atomic E-state index is 12.6. The number of esters is 3. The van der Waals surface area contributed by atoms with Gasteiger partial charge in [0.05, 0.1) is 0 Å². The molecule has 0 saturated carbocycles. The fourth-order valence-electron chi connectivity index (χ4n) is 6.35. The molecule has 0 atom stereocenters. The fraction of sp³-hybridized carbons (Fsp3) is 0.778. The highest BCUT2D eigenvalue weighted by atomic mass is 16.6. The van der Waals surface area contributed by atoms with E-state index in [4.69, 9.17) is 18.9 Å². The molecule has 0 fully saturated rings. The van der Waals surface area contributed by atoms with Crippen LogP contribution in [0, 0.1) is 0 Å². The molecule has 0 heterocycles. The summed E-state index contributed by atoms with van der Waals surface area (Å²) in [6.45, 7) is 3.66. The van der Waals surface area contributed by atoms with Gasteiger partial charge in [-0.1, -0.05) is 198 Å². The third kappa shape index (κ3) is 32.3. The molecule has 310 valence electrons. The first kappa shape index (κ1) is 48.9. The Morgan fingerprint density at radius 2 is 0.852 bits per heavy atom. The molecule has 0 saturated heterocycles. The van der Waals surface area contributed by atoms with Gasteiger partial charge < -0.3 is 24.3 Å². The molecule has 9 nitrogen and oxygen atoms in total. The molecule has 0 radical (unpaired) electrons. The van der Waals surface area contributed by atoms with E-state index < -0.39 is 24.7 Å². The van der Waals surface area contributed by atoms with Gasteiger partial charge in [0.25, 0.3) is 0 Å². The lowest BCUT2D eigenvalue weighted by atomic mass is 10.0. The molecule has 0 bridgehead atoms. The molecular weight excluding hydrogens is 682 g/mol. The van der Waals surface area contributed by atoms with Crippen LogP contribution in [0.5, 0.6) is 0 Å². The quantitative estimate of drug-likeness (QED) is 0.0405. The summed E-state index contributed by atoms with van der Waals surface area (Å²) >= 11 is 0. The molecule has 1 rings (SSSR count). The van der Waals surface area contributed by atoms with E-state index in [1.807, 2.05) is 30.3 Å². The summed E-state index contributed by atoms with van der Waals surface area (Å²) < 4.78 is 21.4. The number of ether oxygens (including phenoxy) is 4. The molecule has 0 aliphatic rings. The Morgan fingerprint density at radius 1 is 0.481 bits per heavy atom. The van der Waals surface area contributed by atoms with Crippen LogP contribution in [0.4, 0.5) is 4.79 Å². The number of nitrogens with one attached hydrogen (secondary N) is 1. The number of hydrogen-bond acceptors (Lipinski definition) is 8. The second kappa shape index (κ2) is 36.9. The van der Waals surface area contributed by atoms with Gasteiger partial charge >= 0.3 is 24.0 Å². The van der Waals surface area contributed by atoms with Gasteiger partial charge in [0.2, 0.25) is 0 Å². The maximum absolute atomic E-state index is 12.6. The Morgan fingerprint density at radius 3 is 1.24 bits per heavy atom. The van der Waals surface area contributed by atoms with Gasteiger partial charge in [0.1, 0.15) is 26.4 Å². The van der Waals surface area contributed by atoms with Crippen molar-refractivity contribution in [3.8, 4) is 0 Å². The summed E-state index contributed by atoms with van der Waals surface area (Å²) in [5.41, 5.74) is 0.816.